The van der Waals surface area contributed by atoms with Gasteiger partial charge in [0.05, 0.1) is 0 Å². The number of amides is 3. The molecule has 2 aliphatic rings. The zero-order valence-corrected chi connectivity index (χ0v) is 19.2. The summed E-state index contributed by atoms with van der Waals surface area (Å²) in [6.07, 6.45) is 5.79. The molecule has 30 heavy (non-hydrogen) atoms. The van der Waals surface area contributed by atoms with Gasteiger partial charge in [0.1, 0.15) is 5.60 Å². The molecule has 0 aromatic rings. The first-order valence-corrected chi connectivity index (χ1v) is 11.4. The Morgan fingerprint density at radius 2 is 1.77 bits per heavy atom. The molecule has 0 bridgehead atoms. The number of carbonyl (C=O) groups is 3. The van der Waals surface area contributed by atoms with Gasteiger partial charge in [-0.1, -0.05) is 6.42 Å². The molecule has 0 spiro atoms. The molecule has 3 amide bonds. The van der Waals surface area contributed by atoms with Gasteiger partial charge in [0, 0.05) is 51.1 Å². The van der Waals surface area contributed by atoms with Crippen molar-refractivity contribution >= 4 is 17.9 Å². The van der Waals surface area contributed by atoms with Gasteiger partial charge >= 0.3 is 6.09 Å². The molecule has 2 fully saturated rings. The van der Waals surface area contributed by atoms with Gasteiger partial charge < -0.3 is 20.3 Å². The van der Waals surface area contributed by atoms with Crippen molar-refractivity contribution in [2.75, 3.05) is 32.7 Å². The molecule has 0 aromatic heterocycles. The van der Waals surface area contributed by atoms with Crippen LogP contribution in [0.2, 0.25) is 0 Å². The number of hydrogen-bond donors (Lipinski definition) is 2. The SMILES string of the molecule is C[C@@H]1CCCN1C(=O)CCN1CCCC[C@H]1CNC(=O)CCNC(=O)OC(C)(C)C. The molecule has 2 N–H and O–H groups in total. The van der Waals surface area contributed by atoms with Crippen LogP contribution in [0, 0.1) is 0 Å². The van der Waals surface area contributed by atoms with Gasteiger partial charge in [0.25, 0.3) is 0 Å². The van der Waals surface area contributed by atoms with E-state index in [0.717, 1.165) is 51.7 Å². The summed E-state index contributed by atoms with van der Waals surface area (Å²) >= 11 is 0. The van der Waals surface area contributed by atoms with E-state index in [1.54, 1.807) is 20.8 Å². The maximum atomic E-state index is 12.5. The average Bonchev–Trinajstić information content (AvgIpc) is 3.09. The van der Waals surface area contributed by atoms with Crippen LogP contribution in [0.4, 0.5) is 4.79 Å². The van der Waals surface area contributed by atoms with Gasteiger partial charge in [0.2, 0.25) is 11.8 Å². The molecule has 2 rings (SSSR count). The first-order valence-electron chi connectivity index (χ1n) is 11.4. The molecule has 0 aliphatic carbocycles. The number of alkyl carbamates (subject to hydrolysis) is 1. The standard InChI is InChI=1S/C22H40N4O4/c1-17-8-7-14-26(17)20(28)11-15-25-13-6-5-9-18(25)16-24-19(27)10-12-23-21(29)30-22(2,3)4/h17-18H,5-16H2,1-4H3,(H,23,29)(H,24,27)/t17-,18+/m1/s1. The van der Waals surface area contributed by atoms with E-state index >= 15 is 0 Å². The Balaban J connectivity index is 1.67. The molecule has 0 radical (unpaired) electrons. The summed E-state index contributed by atoms with van der Waals surface area (Å²) < 4.78 is 5.16. The van der Waals surface area contributed by atoms with Crippen LogP contribution in [-0.2, 0) is 14.3 Å². The quantitative estimate of drug-likeness (QED) is 0.624. The van der Waals surface area contributed by atoms with Crippen LogP contribution in [0.3, 0.4) is 0 Å². The summed E-state index contributed by atoms with van der Waals surface area (Å²) in [7, 11) is 0. The lowest BCUT2D eigenvalue weighted by atomic mass is 10.0. The van der Waals surface area contributed by atoms with Crippen molar-refractivity contribution in [1.82, 2.24) is 20.4 Å². The molecule has 2 saturated heterocycles. The summed E-state index contributed by atoms with van der Waals surface area (Å²) in [6, 6.07) is 0.633. The van der Waals surface area contributed by atoms with E-state index in [2.05, 4.69) is 22.5 Å². The van der Waals surface area contributed by atoms with Gasteiger partial charge in [-0.2, -0.15) is 0 Å². The molecule has 8 heteroatoms. The molecule has 8 nitrogen and oxygen atoms in total. The Kier molecular flexibility index (Phi) is 9.39. The highest BCUT2D eigenvalue weighted by atomic mass is 16.6. The second-order valence-electron chi connectivity index (χ2n) is 9.50. The van der Waals surface area contributed by atoms with E-state index in [-0.39, 0.29) is 30.8 Å². The number of hydrogen-bond acceptors (Lipinski definition) is 5. The Bertz CT molecular complexity index is 590. The number of carbonyl (C=O) groups excluding carboxylic acids is 3. The van der Waals surface area contributed by atoms with E-state index in [0.29, 0.717) is 19.0 Å². The highest BCUT2D eigenvalue weighted by molar-refractivity contribution is 5.77. The molecular weight excluding hydrogens is 384 g/mol. The topological polar surface area (TPSA) is 91.0 Å². The molecule has 2 aliphatic heterocycles. The van der Waals surface area contributed by atoms with E-state index < -0.39 is 11.7 Å². The fourth-order valence-corrected chi connectivity index (χ4v) is 4.18. The number of ether oxygens (including phenoxy) is 1. The summed E-state index contributed by atoms with van der Waals surface area (Å²) in [5.41, 5.74) is -0.551. The highest BCUT2D eigenvalue weighted by Gasteiger charge is 2.27. The van der Waals surface area contributed by atoms with Crippen molar-refractivity contribution in [2.24, 2.45) is 0 Å². The fourth-order valence-electron chi connectivity index (χ4n) is 4.18. The Labute approximate surface area is 181 Å². The van der Waals surface area contributed by atoms with Crippen LogP contribution < -0.4 is 10.6 Å². The highest BCUT2D eigenvalue weighted by Crippen LogP contribution is 2.20. The third kappa shape index (κ3) is 8.50. The lowest BCUT2D eigenvalue weighted by molar-refractivity contribution is -0.132. The molecule has 0 unspecified atom stereocenters. The van der Waals surface area contributed by atoms with Gasteiger partial charge in [-0.25, -0.2) is 4.79 Å². The number of nitrogens with one attached hydrogen (secondary N) is 2. The average molecular weight is 425 g/mol. The first-order chi connectivity index (χ1) is 14.2. The van der Waals surface area contributed by atoms with Crippen molar-refractivity contribution in [3.63, 3.8) is 0 Å². The number of likely N-dealkylation sites (tertiary alicyclic amines) is 2. The van der Waals surface area contributed by atoms with Crippen molar-refractivity contribution < 1.29 is 19.1 Å². The number of piperidine rings is 1. The van der Waals surface area contributed by atoms with Crippen LogP contribution in [0.1, 0.15) is 72.6 Å². The monoisotopic (exact) mass is 424 g/mol. The Morgan fingerprint density at radius 3 is 2.43 bits per heavy atom. The maximum Gasteiger partial charge on any atom is 0.407 e. The van der Waals surface area contributed by atoms with Crippen LogP contribution in [0.5, 0.6) is 0 Å². The minimum absolute atomic E-state index is 0.0847. The van der Waals surface area contributed by atoms with Gasteiger partial charge in [-0.3, -0.25) is 14.5 Å². The Hall–Kier alpha value is -1.83. The predicted octanol–water partition coefficient (Wildman–Crippen LogP) is 2.27. The van der Waals surface area contributed by atoms with Crippen molar-refractivity contribution in [3.8, 4) is 0 Å². The lowest BCUT2D eigenvalue weighted by Gasteiger charge is -2.36. The normalized spacial score (nSPS) is 22.6. The van der Waals surface area contributed by atoms with E-state index in [9.17, 15) is 14.4 Å². The van der Waals surface area contributed by atoms with Gasteiger partial charge in [-0.05, 0) is 59.9 Å². The van der Waals surface area contributed by atoms with Crippen molar-refractivity contribution in [3.05, 3.63) is 0 Å². The number of rotatable bonds is 8. The fraction of sp³-hybridized carbons (Fsp3) is 0.864. The third-order valence-corrected chi connectivity index (χ3v) is 5.79. The summed E-state index contributed by atoms with van der Waals surface area (Å²) in [5.74, 6) is 0.167. The Morgan fingerprint density at radius 1 is 1.00 bits per heavy atom. The van der Waals surface area contributed by atoms with Gasteiger partial charge in [-0.15, -0.1) is 0 Å². The third-order valence-electron chi connectivity index (χ3n) is 5.79. The summed E-state index contributed by atoms with van der Waals surface area (Å²) in [4.78, 5) is 40.7. The van der Waals surface area contributed by atoms with Crippen LogP contribution in [-0.4, -0.2) is 78.1 Å². The minimum Gasteiger partial charge on any atom is -0.444 e. The zero-order chi connectivity index (χ0) is 22.1. The first kappa shape index (κ1) is 24.4. The lowest BCUT2D eigenvalue weighted by Crippen LogP contribution is -2.48. The molecule has 172 valence electrons. The van der Waals surface area contributed by atoms with E-state index in [4.69, 9.17) is 4.74 Å². The molecule has 0 saturated carbocycles. The van der Waals surface area contributed by atoms with Crippen molar-refractivity contribution in [1.29, 1.82) is 0 Å². The minimum atomic E-state index is -0.551. The van der Waals surface area contributed by atoms with Crippen LogP contribution in [0.15, 0.2) is 0 Å². The van der Waals surface area contributed by atoms with Gasteiger partial charge in [0.15, 0.2) is 0 Å². The number of nitrogens with zero attached hydrogens (tertiary/aromatic N) is 2. The largest absolute Gasteiger partial charge is 0.444 e. The molecule has 2 atom stereocenters. The second kappa shape index (κ2) is 11.5. The van der Waals surface area contributed by atoms with E-state index in [1.807, 2.05) is 4.90 Å². The molecular formula is C22H40N4O4. The second-order valence-corrected chi connectivity index (χ2v) is 9.50. The molecule has 2 heterocycles. The zero-order valence-electron chi connectivity index (χ0n) is 19.2. The smallest absolute Gasteiger partial charge is 0.407 e. The summed E-state index contributed by atoms with van der Waals surface area (Å²) in [5, 5.41) is 5.59. The predicted molar refractivity (Wildman–Crippen MR) is 116 cm³/mol. The van der Waals surface area contributed by atoms with Crippen LogP contribution in [0.25, 0.3) is 0 Å². The van der Waals surface area contributed by atoms with Crippen molar-refractivity contribution in [2.45, 2.75) is 90.3 Å². The molecule has 0 aromatic carbocycles. The van der Waals surface area contributed by atoms with Crippen LogP contribution >= 0.6 is 0 Å². The van der Waals surface area contributed by atoms with E-state index in [1.165, 1.54) is 0 Å². The maximum absolute atomic E-state index is 12.5. The summed E-state index contributed by atoms with van der Waals surface area (Å²) in [6.45, 7) is 11.0.